The molecule has 1 fully saturated rings. The fourth-order valence-electron chi connectivity index (χ4n) is 1.94. The van der Waals surface area contributed by atoms with E-state index in [0.717, 1.165) is 13.0 Å². The first-order valence-corrected chi connectivity index (χ1v) is 4.75. The average molecular weight is 176 g/mol. The Morgan fingerprint density at radius 3 is 2.92 bits per heavy atom. The van der Waals surface area contributed by atoms with Gasteiger partial charge in [0.05, 0.1) is 12.6 Å². The summed E-state index contributed by atoms with van der Waals surface area (Å²) in [5, 5.41) is 9.15. The molecule has 0 spiro atoms. The van der Waals surface area contributed by atoms with Crippen LogP contribution in [0.3, 0.4) is 0 Å². The van der Waals surface area contributed by atoms with Crippen molar-refractivity contribution in [1.29, 1.82) is 0 Å². The lowest BCUT2D eigenvalue weighted by Crippen LogP contribution is -2.31. The second kappa shape index (κ2) is 3.79. The molecule has 1 saturated heterocycles. The summed E-state index contributed by atoms with van der Waals surface area (Å²) in [5.74, 6) is 0. The van der Waals surface area contributed by atoms with E-state index in [4.69, 9.17) is 5.11 Å². The summed E-state index contributed by atoms with van der Waals surface area (Å²) in [6, 6.07) is 11.3. The van der Waals surface area contributed by atoms with Crippen molar-refractivity contribution in [3.8, 4) is 0 Å². The summed E-state index contributed by atoms with van der Waals surface area (Å²) in [4.78, 5) is 2.27. The Morgan fingerprint density at radius 1 is 1.46 bits per heavy atom. The molecule has 1 N–H and O–H groups in total. The van der Waals surface area contributed by atoms with E-state index in [1.807, 2.05) is 24.3 Å². The third kappa shape index (κ3) is 1.68. The fourth-order valence-corrected chi connectivity index (χ4v) is 1.94. The average Bonchev–Trinajstić information content (AvgIpc) is 2.67. The largest absolute Gasteiger partial charge is 0.394 e. The van der Waals surface area contributed by atoms with Crippen LogP contribution in [0, 0.1) is 6.07 Å². The van der Waals surface area contributed by atoms with Crippen molar-refractivity contribution in [2.24, 2.45) is 0 Å². The van der Waals surface area contributed by atoms with Crippen molar-refractivity contribution in [3.63, 3.8) is 0 Å². The van der Waals surface area contributed by atoms with E-state index in [1.165, 1.54) is 12.1 Å². The van der Waals surface area contributed by atoms with Gasteiger partial charge in [-0.25, -0.2) is 0 Å². The second-order valence-electron chi connectivity index (χ2n) is 3.43. The fraction of sp³-hybridized carbons (Fsp3) is 0.455. The molecule has 1 heterocycles. The third-order valence-corrected chi connectivity index (χ3v) is 2.62. The molecule has 1 aliphatic rings. The summed E-state index contributed by atoms with van der Waals surface area (Å²) in [6.45, 7) is 1.33. The van der Waals surface area contributed by atoms with Gasteiger partial charge in [0.25, 0.3) is 0 Å². The summed E-state index contributed by atoms with van der Waals surface area (Å²) < 4.78 is 0. The van der Waals surface area contributed by atoms with Crippen molar-refractivity contribution in [3.05, 3.63) is 30.3 Å². The zero-order valence-corrected chi connectivity index (χ0v) is 7.61. The van der Waals surface area contributed by atoms with Crippen LogP contribution in [-0.2, 0) is 0 Å². The highest BCUT2D eigenvalue weighted by Gasteiger charge is 2.23. The molecular formula is C11H14NO. The maximum atomic E-state index is 9.15. The first-order chi connectivity index (χ1) is 6.42. The van der Waals surface area contributed by atoms with Crippen LogP contribution in [0.15, 0.2) is 24.3 Å². The molecule has 2 nitrogen and oxygen atoms in total. The van der Waals surface area contributed by atoms with Crippen molar-refractivity contribution in [1.82, 2.24) is 0 Å². The Morgan fingerprint density at radius 2 is 2.23 bits per heavy atom. The number of rotatable bonds is 2. The van der Waals surface area contributed by atoms with E-state index in [1.54, 1.807) is 0 Å². The molecule has 0 bridgehead atoms. The van der Waals surface area contributed by atoms with E-state index in [9.17, 15) is 0 Å². The van der Waals surface area contributed by atoms with Crippen LogP contribution in [0.25, 0.3) is 0 Å². The predicted octanol–water partition coefficient (Wildman–Crippen LogP) is 1.45. The van der Waals surface area contributed by atoms with Crippen molar-refractivity contribution < 1.29 is 5.11 Å². The Bertz CT molecular complexity index is 260. The lowest BCUT2D eigenvalue weighted by molar-refractivity contribution is 0.266. The van der Waals surface area contributed by atoms with Crippen molar-refractivity contribution in [2.75, 3.05) is 18.1 Å². The van der Waals surface area contributed by atoms with Gasteiger partial charge in [0.2, 0.25) is 0 Å². The molecule has 0 amide bonds. The zero-order valence-electron chi connectivity index (χ0n) is 7.61. The second-order valence-corrected chi connectivity index (χ2v) is 3.43. The Labute approximate surface area is 78.8 Å². The van der Waals surface area contributed by atoms with Crippen molar-refractivity contribution >= 4 is 5.69 Å². The number of nitrogens with zero attached hydrogens (tertiary/aromatic N) is 1. The van der Waals surface area contributed by atoms with E-state index in [-0.39, 0.29) is 6.61 Å². The number of anilines is 1. The summed E-state index contributed by atoms with van der Waals surface area (Å²) in [7, 11) is 0. The molecule has 1 atom stereocenters. The normalized spacial score (nSPS) is 22.2. The smallest absolute Gasteiger partial charge is 0.0635 e. The molecule has 1 radical (unpaired) electrons. The van der Waals surface area contributed by atoms with Gasteiger partial charge in [0, 0.05) is 12.2 Å². The van der Waals surface area contributed by atoms with Gasteiger partial charge in [-0.15, -0.1) is 0 Å². The summed E-state index contributed by atoms with van der Waals surface area (Å²) in [5.41, 5.74) is 1.20. The van der Waals surface area contributed by atoms with Crippen LogP contribution in [0.2, 0.25) is 0 Å². The van der Waals surface area contributed by atoms with Crippen LogP contribution in [-0.4, -0.2) is 24.3 Å². The Hall–Kier alpha value is -1.02. The number of hydrogen-bond acceptors (Lipinski definition) is 2. The topological polar surface area (TPSA) is 23.5 Å². The Kier molecular flexibility index (Phi) is 2.50. The van der Waals surface area contributed by atoms with Gasteiger partial charge in [-0.2, -0.15) is 0 Å². The predicted molar refractivity (Wildman–Crippen MR) is 52.7 cm³/mol. The van der Waals surface area contributed by atoms with E-state index in [2.05, 4.69) is 11.0 Å². The molecule has 1 aromatic carbocycles. The molecule has 2 rings (SSSR count). The molecule has 2 heteroatoms. The highest BCUT2D eigenvalue weighted by Crippen LogP contribution is 2.24. The van der Waals surface area contributed by atoms with Gasteiger partial charge in [-0.05, 0) is 31.0 Å². The van der Waals surface area contributed by atoms with Gasteiger partial charge in [0.1, 0.15) is 0 Å². The molecule has 0 aliphatic carbocycles. The van der Waals surface area contributed by atoms with Crippen LogP contribution in [0.4, 0.5) is 5.69 Å². The van der Waals surface area contributed by atoms with Crippen LogP contribution < -0.4 is 4.90 Å². The van der Waals surface area contributed by atoms with Crippen LogP contribution in [0.5, 0.6) is 0 Å². The minimum Gasteiger partial charge on any atom is -0.394 e. The van der Waals surface area contributed by atoms with Gasteiger partial charge >= 0.3 is 0 Å². The standard InChI is InChI=1S/C11H14NO/c13-9-11-7-4-8-12(11)10-5-2-1-3-6-10/h2-3,5-6,11,13H,4,7-9H2. The highest BCUT2D eigenvalue weighted by molar-refractivity contribution is 5.47. The number of aliphatic hydroxyl groups is 1. The number of hydrogen-bond donors (Lipinski definition) is 1. The van der Waals surface area contributed by atoms with Gasteiger partial charge < -0.3 is 10.0 Å². The number of aliphatic hydroxyl groups excluding tert-OH is 1. The molecule has 1 aliphatic heterocycles. The summed E-state index contributed by atoms with van der Waals surface area (Å²) >= 11 is 0. The van der Waals surface area contributed by atoms with Crippen LogP contribution in [0.1, 0.15) is 12.8 Å². The van der Waals surface area contributed by atoms with Gasteiger partial charge in [-0.1, -0.05) is 12.1 Å². The molecule has 1 unspecified atom stereocenters. The van der Waals surface area contributed by atoms with E-state index < -0.39 is 0 Å². The Balaban J connectivity index is 2.16. The first kappa shape index (κ1) is 8.57. The minimum atomic E-state index is 0.263. The molecule has 69 valence electrons. The molecule has 13 heavy (non-hydrogen) atoms. The molecule has 1 aromatic rings. The van der Waals surface area contributed by atoms with Crippen molar-refractivity contribution in [2.45, 2.75) is 18.9 Å². The zero-order chi connectivity index (χ0) is 9.10. The quantitative estimate of drug-likeness (QED) is 0.737. The highest BCUT2D eigenvalue weighted by atomic mass is 16.3. The molecular weight excluding hydrogens is 162 g/mol. The monoisotopic (exact) mass is 176 g/mol. The number of benzene rings is 1. The first-order valence-electron chi connectivity index (χ1n) is 4.75. The molecule has 0 aromatic heterocycles. The SMILES string of the molecule is OCC1CCCN1c1cc[c]cc1. The maximum absolute atomic E-state index is 9.15. The molecule has 0 saturated carbocycles. The van der Waals surface area contributed by atoms with E-state index >= 15 is 0 Å². The lowest BCUT2D eigenvalue weighted by atomic mass is 10.2. The minimum absolute atomic E-state index is 0.263. The maximum Gasteiger partial charge on any atom is 0.0635 e. The lowest BCUT2D eigenvalue weighted by Gasteiger charge is -2.24. The van der Waals surface area contributed by atoms with Gasteiger partial charge in [0.15, 0.2) is 0 Å². The summed E-state index contributed by atoms with van der Waals surface area (Å²) in [6.07, 6.45) is 2.29. The van der Waals surface area contributed by atoms with E-state index in [0.29, 0.717) is 6.04 Å². The third-order valence-electron chi connectivity index (χ3n) is 2.62. The van der Waals surface area contributed by atoms with Crippen LogP contribution >= 0.6 is 0 Å². The van der Waals surface area contributed by atoms with Gasteiger partial charge in [-0.3, -0.25) is 0 Å².